The van der Waals surface area contributed by atoms with Crippen molar-refractivity contribution in [2.24, 2.45) is 0 Å². The van der Waals surface area contributed by atoms with E-state index in [0.717, 1.165) is 0 Å². The van der Waals surface area contributed by atoms with Gasteiger partial charge in [-0.3, -0.25) is 0 Å². The van der Waals surface area contributed by atoms with Crippen LogP contribution in [-0.2, 0) is 0 Å². The lowest BCUT2D eigenvalue weighted by Gasteiger charge is -2.19. The molecule has 0 aliphatic heterocycles. The van der Waals surface area contributed by atoms with Crippen molar-refractivity contribution in [1.82, 2.24) is 0 Å². The van der Waals surface area contributed by atoms with E-state index in [1.165, 1.54) is 0 Å². The fourth-order valence-electron chi connectivity index (χ4n) is 0.945. The average Bonchev–Trinajstić information content (AvgIpc) is 2.58. The van der Waals surface area contributed by atoms with Crippen molar-refractivity contribution in [1.29, 1.82) is 0 Å². The summed E-state index contributed by atoms with van der Waals surface area (Å²) in [5, 5.41) is 92.7. The quantitative estimate of drug-likeness (QED) is 0.198. The van der Waals surface area contributed by atoms with Gasteiger partial charge in [0, 0.05) is 6.61 Å². The zero-order chi connectivity index (χ0) is 19.0. The van der Waals surface area contributed by atoms with Gasteiger partial charge in [0.2, 0.25) is 0 Å². The Balaban J connectivity index is -0.000000297. The number of rotatable bonds is 8. The molecule has 6 atom stereocenters. The molecule has 0 fully saturated rings. The Labute approximate surface area is 134 Å². The van der Waals surface area contributed by atoms with Crippen molar-refractivity contribution in [3.05, 3.63) is 0 Å². The predicted octanol–water partition coefficient (Wildman–Crippen LogP) is -5.89. The Morgan fingerprint density at radius 2 is 0.609 bits per heavy atom. The van der Waals surface area contributed by atoms with E-state index in [1.807, 2.05) is 0 Å². The molecule has 0 amide bonds. The molecule has 0 aliphatic rings. The van der Waals surface area contributed by atoms with Crippen LogP contribution in [0.4, 0.5) is 0 Å². The van der Waals surface area contributed by atoms with E-state index in [9.17, 15) is 0 Å². The molecule has 144 valence electrons. The third-order valence-corrected chi connectivity index (χ3v) is 2.33. The molecule has 0 unspecified atom stereocenters. The van der Waals surface area contributed by atoms with Gasteiger partial charge in [-0.05, 0) is 6.92 Å². The van der Waals surface area contributed by atoms with E-state index in [4.69, 9.17) is 56.2 Å². The topological polar surface area (TPSA) is 223 Å². The van der Waals surface area contributed by atoms with Crippen LogP contribution in [0.5, 0.6) is 0 Å². The lowest BCUT2D eigenvalue weighted by Crippen LogP contribution is -2.41. The predicted molar refractivity (Wildman–Crippen MR) is 77.1 cm³/mol. The van der Waals surface area contributed by atoms with Crippen LogP contribution >= 0.6 is 0 Å². The monoisotopic (exact) mass is 350 g/mol. The summed E-state index contributed by atoms with van der Waals surface area (Å²) in [6.45, 7) is -0.632. The molecule has 11 nitrogen and oxygen atoms in total. The van der Waals surface area contributed by atoms with Crippen LogP contribution in [0.2, 0.25) is 0 Å². The average molecular weight is 350 g/mol. The van der Waals surface area contributed by atoms with E-state index in [2.05, 4.69) is 0 Å². The molecule has 0 saturated carbocycles. The molecule has 0 saturated heterocycles. The van der Waals surface area contributed by atoms with Gasteiger partial charge in [0.15, 0.2) is 0 Å². The van der Waals surface area contributed by atoms with Crippen molar-refractivity contribution >= 4 is 0 Å². The van der Waals surface area contributed by atoms with Crippen LogP contribution in [0.15, 0.2) is 0 Å². The van der Waals surface area contributed by atoms with E-state index < -0.39 is 63.1 Å². The molecule has 23 heavy (non-hydrogen) atoms. The second-order valence-corrected chi connectivity index (χ2v) is 4.30. The minimum atomic E-state index is -1.49. The van der Waals surface area contributed by atoms with Gasteiger partial charge in [0.1, 0.15) is 36.6 Å². The molecular weight excluding hydrogens is 320 g/mol. The van der Waals surface area contributed by atoms with Crippen molar-refractivity contribution in [2.45, 2.75) is 43.5 Å². The Morgan fingerprint density at radius 3 is 0.696 bits per heavy atom. The highest BCUT2D eigenvalue weighted by Gasteiger charge is 2.23. The summed E-state index contributed by atoms with van der Waals surface area (Å²) in [5.41, 5.74) is 0. The smallest absolute Gasteiger partial charge is 0.110 e. The zero-order valence-electron chi connectivity index (χ0n) is 12.9. The minimum absolute atomic E-state index is 0.250. The molecule has 0 aliphatic carbocycles. The summed E-state index contributed by atoms with van der Waals surface area (Å²) in [6.07, 6.45) is -8.58. The molecule has 11 heteroatoms. The first-order chi connectivity index (χ1) is 10.7. The standard InChI is InChI=1S/2C5H12O5.C2H6O/c2*6-1-3(8)5(10)4(9)2-7;1-2-3/h2*3-10H,1-2H2;3H,2H2,1H3/t2*3-,4+,5+;. The number of hydrogen-bond donors (Lipinski definition) is 11. The van der Waals surface area contributed by atoms with Crippen molar-refractivity contribution in [3.63, 3.8) is 0 Å². The summed E-state index contributed by atoms with van der Waals surface area (Å²) in [7, 11) is 0. The lowest BCUT2D eigenvalue weighted by molar-refractivity contribution is -0.0900. The first-order valence-electron chi connectivity index (χ1n) is 6.80. The molecule has 0 aromatic carbocycles. The number of aliphatic hydroxyl groups excluding tert-OH is 11. The van der Waals surface area contributed by atoms with E-state index in [0.29, 0.717) is 0 Å². The van der Waals surface area contributed by atoms with Gasteiger partial charge < -0.3 is 56.2 Å². The van der Waals surface area contributed by atoms with Gasteiger partial charge in [0.25, 0.3) is 0 Å². The van der Waals surface area contributed by atoms with Crippen LogP contribution < -0.4 is 0 Å². The van der Waals surface area contributed by atoms with Crippen LogP contribution in [-0.4, -0.2) is 126 Å². The minimum Gasteiger partial charge on any atom is -0.397 e. The van der Waals surface area contributed by atoms with Crippen molar-refractivity contribution in [3.8, 4) is 0 Å². The van der Waals surface area contributed by atoms with Gasteiger partial charge in [-0.2, -0.15) is 0 Å². The number of hydrogen-bond acceptors (Lipinski definition) is 11. The van der Waals surface area contributed by atoms with Gasteiger partial charge in [0.05, 0.1) is 26.4 Å². The fourth-order valence-corrected chi connectivity index (χ4v) is 0.945. The maximum atomic E-state index is 8.77. The van der Waals surface area contributed by atoms with Gasteiger partial charge in [-0.25, -0.2) is 0 Å². The Hall–Kier alpha value is -0.440. The molecule has 0 aromatic heterocycles. The van der Waals surface area contributed by atoms with Gasteiger partial charge in [-0.15, -0.1) is 0 Å². The van der Waals surface area contributed by atoms with Crippen molar-refractivity contribution < 1.29 is 56.2 Å². The summed E-state index contributed by atoms with van der Waals surface area (Å²) in [5.74, 6) is 0. The van der Waals surface area contributed by atoms with Crippen LogP contribution in [0.3, 0.4) is 0 Å². The highest BCUT2D eigenvalue weighted by atomic mass is 16.4. The molecule has 0 aromatic rings. The molecule has 11 N–H and O–H groups in total. The molecule has 0 rings (SSSR count). The molecule has 0 radical (unpaired) electrons. The lowest BCUT2D eigenvalue weighted by atomic mass is 10.1. The highest BCUT2D eigenvalue weighted by molar-refractivity contribution is 4.73. The van der Waals surface area contributed by atoms with E-state index >= 15 is 0 Å². The second-order valence-electron chi connectivity index (χ2n) is 4.30. The van der Waals surface area contributed by atoms with E-state index in [1.54, 1.807) is 6.92 Å². The first-order valence-corrected chi connectivity index (χ1v) is 6.80. The van der Waals surface area contributed by atoms with Crippen molar-refractivity contribution in [2.75, 3.05) is 33.0 Å². The summed E-state index contributed by atoms with van der Waals surface area (Å²) < 4.78 is 0. The third-order valence-electron chi connectivity index (χ3n) is 2.33. The maximum absolute atomic E-state index is 8.77. The Bertz CT molecular complexity index is 189. The maximum Gasteiger partial charge on any atom is 0.110 e. The number of aliphatic hydroxyl groups is 11. The third kappa shape index (κ3) is 14.9. The summed E-state index contributed by atoms with van der Waals surface area (Å²) in [6, 6.07) is 0. The largest absolute Gasteiger partial charge is 0.397 e. The van der Waals surface area contributed by atoms with Gasteiger partial charge >= 0.3 is 0 Å². The van der Waals surface area contributed by atoms with Gasteiger partial charge in [-0.1, -0.05) is 0 Å². The first kappa shape index (κ1) is 27.4. The molecule has 0 spiro atoms. The van der Waals surface area contributed by atoms with Crippen LogP contribution in [0.25, 0.3) is 0 Å². The Kier molecular flexibility index (Phi) is 21.3. The van der Waals surface area contributed by atoms with Crippen LogP contribution in [0, 0.1) is 0 Å². The zero-order valence-corrected chi connectivity index (χ0v) is 12.9. The van der Waals surface area contributed by atoms with E-state index in [-0.39, 0.29) is 6.61 Å². The second kappa shape index (κ2) is 17.9. The molecule has 0 heterocycles. The summed E-state index contributed by atoms with van der Waals surface area (Å²) >= 11 is 0. The van der Waals surface area contributed by atoms with Crippen LogP contribution in [0.1, 0.15) is 6.92 Å². The SMILES string of the molecule is CCO.OC[C@@H](O)[C@H](O)[C@@H](O)CO.OC[C@@H](O)[C@H](O)[C@@H](O)CO. The fraction of sp³-hybridized carbons (Fsp3) is 1.00. The Morgan fingerprint density at radius 1 is 0.478 bits per heavy atom. The molecular formula is C12H30O11. The highest BCUT2D eigenvalue weighted by Crippen LogP contribution is 1.98. The molecule has 0 bridgehead atoms. The normalized spacial score (nSPS) is 18.3. The summed E-state index contributed by atoms with van der Waals surface area (Å²) in [4.78, 5) is 0.